The van der Waals surface area contributed by atoms with Crippen LogP contribution < -0.4 is 10.3 Å². The van der Waals surface area contributed by atoms with Crippen LogP contribution in [0.25, 0.3) is 11.1 Å². The molecule has 0 bridgehead atoms. The van der Waals surface area contributed by atoms with E-state index in [1.165, 1.54) is 0 Å². The fraction of sp³-hybridized carbons (Fsp3) is 0.512. The summed E-state index contributed by atoms with van der Waals surface area (Å²) >= 11 is 0. The van der Waals surface area contributed by atoms with Crippen LogP contribution in [0.5, 0.6) is 5.75 Å². The number of carbonyl (C=O) groups excluding carboxylic acids is 3. The minimum Gasteiger partial charge on any atom is -0.508 e. The summed E-state index contributed by atoms with van der Waals surface area (Å²) in [6, 6.07) is 24.7. The molecule has 2 saturated heterocycles. The highest BCUT2D eigenvalue weighted by Crippen LogP contribution is 2.33. The number of unbranched alkanes of at least 4 members (excludes halogenated alkanes) is 2. The van der Waals surface area contributed by atoms with Gasteiger partial charge < -0.3 is 25.0 Å². The van der Waals surface area contributed by atoms with Crippen LogP contribution in [0.2, 0.25) is 0 Å². The van der Waals surface area contributed by atoms with Crippen molar-refractivity contribution in [2.24, 2.45) is 0 Å². The van der Waals surface area contributed by atoms with Gasteiger partial charge in [0.2, 0.25) is 21.8 Å². The lowest BCUT2D eigenvalue weighted by Gasteiger charge is -2.37. The molecule has 13 nitrogen and oxygen atoms in total. The van der Waals surface area contributed by atoms with E-state index < -0.39 is 16.1 Å². The van der Waals surface area contributed by atoms with Crippen LogP contribution in [0, 0.1) is 0 Å². The first-order valence-electron chi connectivity index (χ1n) is 20.5. The summed E-state index contributed by atoms with van der Waals surface area (Å²) < 4.78 is 31.6. The standard InChI is InChI=1S/C43H60N6O7S/c1-2-57(54,55)48-32-30-45(31-33-48)26-14-19-42(52)46(35-36-20-22-38(50)23-21-36)27-11-4-10-25-44-41(51)24-34-56-43(53)49(47-28-12-5-13-29-47)40-18-9-8-17-39(40)37-15-6-3-7-16-37/h3,6-9,15-18,20-23,50H,2,4-5,10-14,19,24-35H2,1H3,(H,44,51). The lowest BCUT2D eigenvalue weighted by atomic mass is 10.0. The number of nitrogens with zero attached hydrogens (tertiary/aromatic N) is 5. The Labute approximate surface area is 338 Å². The van der Waals surface area contributed by atoms with Crippen molar-refractivity contribution >= 4 is 33.6 Å². The number of amides is 3. The third-order valence-corrected chi connectivity index (χ3v) is 12.5. The molecule has 14 heteroatoms. The van der Waals surface area contributed by atoms with E-state index in [0.29, 0.717) is 58.7 Å². The van der Waals surface area contributed by atoms with Gasteiger partial charge in [-0.3, -0.25) is 9.59 Å². The van der Waals surface area contributed by atoms with Gasteiger partial charge in [-0.15, -0.1) is 0 Å². The van der Waals surface area contributed by atoms with Crippen LogP contribution in [0.15, 0.2) is 78.9 Å². The number of hydrazine groups is 1. The first-order chi connectivity index (χ1) is 27.6. The summed E-state index contributed by atoms with van der Waals surface area (Å²) in [5.41, 5.74) is 3.62. The number of ether oxygens (including phenoxy) is 1. The van der Waals surface area contributed by atoms with Gasteiger partial charge >= 0.3 is 6.09 Å². The average Bonchev–Trinajstić information content (AvgIpc) is 3.23. The molecule has 5 rings (SSSR count). The van der Waals surface area contributed by atoms with Gasteiger partial charge in [-0.25, -0.2) is 23.2 Å². The van der Waals surface area contributed by atoms with Crippen LogP contribution in [-0.4, -0.2) is 122 Å². The molecule has 2 fully saturated rings. The molecule has 3 amide bonds. The molecule has 2 N–H and O–H groups in total. The number of carbonyl (C=O) groups is 3. The van der Waals surface area contributed by atoms with Crippen LogP contribution in [0.1, 0.15) is 70.3 Å². The third kappa shape index (κ3) is 13.6. The Morgan fingerprint density at radius 1 is 0.789 bits per heavy atom. The Hall–Kier alpha value is -4.50. The predicted molar refractivity (Wildman–Crippen MR) is 223 cm³/mol. The molecular weight excluding hydrogens is 745 g/mol. The Balaban J connectivity index is 1.03. The highest BCUT2D eigenvalue weighted by atomic mass is 32.2. The molecule has 0 aliphatic carbocycles. The smallest absolute Gasteiger partial charge is 0.429 e. The molecule has 3 aromatic carbocycles. The Kier molecular flexibility index (Phi) is 17.2. The third-order valence-electron chi connectivity index (χ3n) is 10.6. The van der Waals surface area contributed by atoms with Crippen LogP contribution in [0.4, 0.5) is 10.5 Å². The maximum atomic E-state index is 13.6. The number of rotatable bonds is 20. The minimum atomic E-state index is -3.18. The van der Waals surface area contributed by atoms with Crippen molar-refractivity contribution in [3.05, 3.63) is 84.4 Å². The normalized spacial score (nSPS) is 15.5. The van der Waals surface area contributed by atoms with E-state index in [9.17, 15) is 27.9 Å². The summed E-state index contributed by atoms with van der Waals surface area (Å²) in [5, 5.41) is 16.4. The summed E-state index contributed by atoms with van der Waals surface area (Å²) in [5.74, 6) is 0.152. The number of sulfonamides is 1. The number of phenolic OH excluding ortho intramolecular Hbond substituents is 1. The molecule has 0 saturated carbocycles. The zero-order valence-electron chi connectivity index (χ0n) is 33.4. The van der Waals surface area contributed by atoms with E-state index in [-0.39, 0.29) is 36.3 Å². The molecule has 2 aliphatic rings. The van der Waals surface area contributed by atoms with E-state index in [2.05, 4.69) is 10.2 Å². The quantitative estimate of drug-likeness (QED) is 0.135. The lowest BCUT2D eigenvalue weighted by Crippen LogP contribution is -2.49. The first kappa shape index (κ1) is 43.6. The summed E-state index contributed by atoms with van der Waals surface area (Å²) in [6.07, 6.45) is 6.05. The number of para-hydroxylation sites is 1. The van der Waals surface area contributed by atoms with Crippen molar-refractivity contribution in [3.8, 4) is 16.9 Å². The molecule has 0 atom stereocenters. The number of piperidine rings is 1. The number of aromatic hydroxyl groups is 1. The fourth-order valence-corrected chi connectivity index (χ4v) is 8.40. The molecule has 3 aromatic rings. The van der Waals surface area contributed by atoms with E-state index in [0.717, 1.165) is 80.5 Å². The van der Waals surface area contributed by atoms with Gasteiger partial charge in [0.05, 0.1) is 17.9 Å². The Morgan fingerprint density at radius 2 is 1.49 bits per heavy atom. The highest BCUT2D eigenvalue weighted by molar-refractivity contribution is 7.89. The molecule has 310 valence electrons. The second-order valence-corrected chi connectivity index (χ2v) is 17.0. The van der Waals surface area contributed by atoms with E-state index in [1.807, 2.05) is 76.6 Å². The summed E-state index contributed by atoms with van der Waals surface area (Å²) in [6.45, 7) is 7.62. The van der Waals surface area contributed by atoms with E-state index >= 15 is 0 Å². The Morgan fingerprint density at radius 3 is 2.21 bits per heavy atom. The van der Waals surface area contributed by atoms with Crippen molar-refractivity contribution in [2.45, 2.75) is 71.3 Å². The number of piperazine rings is 1. The number of nitrogens with one attached hydrogen (secondary N) is 1. The van der Waals surface area contributed by atoms with Crippen LogP contribution in [0.3, 0.4) is 0 Å². The van der Waals surface area contributed by atoms with Gasteiger partial charge in [0.15, 0.2) is 0 Å². The number of phenols is 1. The van der Waals surface area contributed by atoms with Crippen LogP contribution >= 0.6 is 0 Å². The molecule has 2 aliphatic heterocycles. The van der Waals surface area contributed by atoms with Crippen molar-refractivity contribution in [2.75, 3.05) is 76.3 Å². The summed E-state index contributed by atoms with van der Waals surface area (Å²) in [4.78, 5) is 43.8. The summed E-state index contributed by atoms with van der Waals surface area (Å²) in [7, 11) is -3.18. The van der Waals surface area contributed by atoms with Gasteiger partial charge in [-0.1, -0.05) is 67.1 Å². The number of anilines is 1. The lowest BCUT2D eigenvalue weighted by molar-refractivity contribution is -0.132. The molecule has 57 heavy (non-hydrogen) atoms. The van der Waals surface area contributed by atoms with Gasteiger partial charge in [-0.2, -0.15) is 4.31 Å². The van der Waals surface area contributed by atoms with Crippen molar-refractivity contribution in [1.29, 1.82) is 0 Å². The second kappa shape index (κ2) is 22.4. The molecule has 0 unspecified atom stereocenters. The largest absolute Gasteiger partial charge is 0.508 e. The zero-order chi connectivity index (χ0) is 40.5. The predicted octanol–water partition coefficient (Wildman–Crippen LogP) is 5.86. The topological polar surface area (TPSA) is 143 Å². The van der Waals surface area contributed by atoms with Crippen molar-refractivity contribution < 1.29 is 32.6 Å². The minimum absolute atomic E-state index is 0.0339. The number of benzene rings is 3. The van der Waals surface area contributed by atoms with Crippen LogP contribution in [-0.2, 0) is 30.9 Å². The highest BCUT2D eigenvalue weighted by Gasteiger charge is 2.29. The van der Waals surface area contributed by atoms with E-state index in [1.54, 1.807) is 28.4 Å². The molecular formula is C43H60N6O7S. The van der Waals surface area contributed by atoms with Gasteiger partial charge in [0.25, 0.3) is 0 Å². The number of hydrogen-bond donors (Lipinski definition) is 2. The average molecular weight is 805 g/mol. The van der Waals surface area contributed by atoms with Gasteiger partial charge in [0, 0.05) is 70.9 Å². The first-order valence-corrected chi connectivity index (χ1v) is 22.1. The van der Waals surface area contributed by atoms with Crippen molar-refractivity contribution in [1.82, 2.24) is 24.4 Å². The monoisotopic (exact) mass is 804 g/mol. The zero-order valence-corrected chi connectivity index (χ0v) is 34.2. The van der Waals surface area contributed by atoms with Gasteiger partial charge in [-0.05, 0) is 81.3 Å². The number of hydrogen-bond acceptors (Lipinski definition) is 9. The maximum Gasteiger partial charge on any atom is 0.429 e. The molecule has 0 aromatic heterocycles. The Bertz CT molecular complexity index is 1810. The fourth-order valence-electron chi connectivity index (χ4n) is 7.32. The molecule has 2 heterocycles. The van der Waals surface area contributed by atoms with Gasteiger partial charge in [0.1, 0.15) is 12.4 Å². The molecule has 0 spiro atoms. The van der Waals surface area contributed by atoms with Crippen molar-refractivity contribution in [3.63, 3.8) is 0 Å². The van der Waals surface area contributed by atoms with E-state index in [4.69, 9.17) is 4.74 Å². The molecule has 0 radical (unpaired) electrons. The maximum absolute atomic E-state index is 13.6. The second-order valence-electron chi connectivity index (χ2n) is 14.7. The SMILES string of the molecule is CCS(=O)(=O)N1CCN(CCCC(=O)N(CCCCCNC(=O)CCOC(=O)N(c2ccccc2-c2ccccc2)N2CCCCC2)Cc2ccc(O)cc2)CC1.